The van der Waals surface area contributed by atoms with Crippen molar-refractivity contribution in [3.05, 3.63) is 10.7 Å². The number of aryl methyl sites for hydroxylation is 1. The molecule has 2 N–H and O–H groups in total. The van der Waals surface area contributed by atoms with Gasteiger partial charge in [0, 0.05) is 12.7 Å². The second-order valence-electron chi connectivity index (χ2n) is 2.49. The third-order valence-electron chi connectivity index (χ3n) is 1.37. The van der Waals surface area contributed by atoms with Gasteiger partial charge in [0.05, 0.1) is 10.9 Å². The molecule has 1 aromatic heterocycles. The van der Waals surface area contributed by atoms with Gasteiger partial charge >= 0.3 is 6.18 Å². The van der Waals surface area contributed by atoms with Crippen LogP contribution in [0.15, 0.2) is 10.7 Å². The van der Waals surface area contributed by atoms with E-state index in [4.69, 9.17) is 5.73 Å². The Balaban J connectivity index is 2.56. The summed E-state index contributed by atoms with van der Waals surface area (Å²) in [6.07, 6.45) is -3.64. The summed E-state index contributed by atoms with van der Waals surface area (Å²) in [6.45, 7) is -0.209. The molecule has 0 atom stereocenters. The highest BCUT2D eigenvalue weighted by molar-refractivity contribution is 9.10. The van der Waals surface area contributed by atoms with Gasteiger partial charge in [-0.25, -0.2) is 0 Å². The van der Waals surface area contributed by atoms with Gasteiger partial charge in [-0.3, -0.25) is 4.68 Å². The first-order valence-corrected chi connectivity index (χ1v) is 4.23. The Hall–Kier alpha value is -0.720. The van der Waals surface area contributed by atoms with Gasteiger partial charge < -0.3 is 5.73 Å². The minimum absolute atomic E-state index is 0.196. The lowest BCUT2D eigenvalue weighted by atomic mass is 10.4. The summed E-state index contributed by atoms with van der Waals surface area (Å²) in [7, 11) is 0. The molecule has 1 rings (SSSR count). The van der Waals surface area contributed by atoms with E-state index in [2.05, 4.69) is 21.0 Å². The van der Waals surface area contributed by atoms with Crippen LogP contribution in [0, 0.1) is 0 Å². The van der Waals surface area contributed by atoms with Crippen LogP contribution < -0.4 is 5.73 Å². The van der Waals surface area contributed by atoms with Crippen LogP contribution >= 0.6 is 15.9 Å². The monoisotopic (exact) mass is 257 g/mol. The number of rotatable bonds is 2. The van der Waals surface area contributed by atoms with Crippen LogP contribution in [0.3, 0.4) is 0 Å². The van der Waals surface area contributed by atoms with Crippen molar-refractivity contribution in [3.8, 4) is 0 Å². The van der Waals surface area contributed by atoms with Gasteiger partial charge in [-0.2, -0.15) is 18.3 Å². The number of nitrogens with zero attached hydrogens (tertiary/aromatic N) is 2. The molecule has 0 saturated heterocycles. The molecule has 0 aliphatic heterocycles. The Morgan fingerprint density at radius 1 is 1.54 bits per heavy atom. The summed E-state index contributed by atoms with van der Waals surface area (Å²) in [5.74, 6) is 0.196. The molecule has 0 aliphatic rings. The molecular formula is C6H7BrF3N3. The lowest BCUT2D eigenvalue weighted by Crippen LogP contribution is -2.12. The van der Waals surface area contributed by atoms with Crippen LogP contribution in [0.25, 0.3) is 0 Å². The van der Waals surface area contributed by atoms with Crippen LogP contribution in [0.2, 0.25) is 0 Å². The molecule has 0 aliphatic carbocycles. The molecule has 7 heteroatoms. The van der Waals surface area contributed by atoms with E-state index in [9.17, 15) is 13.2 Å². The van der Waals surface area contributed by atoms with Crippen molar-refractivity contribution in [1.29, 1.82) is 0 Å². The molecule has 1 aromatic rings. The normalized spacial score (nSPS) is 12.0. The third kappa shape index (κ3) is 3.25. The van der Waals surface area contributed by atoms with E-state index in [0.717, 1.165) is 4.68 Å². The zero-order chi connectivity index (χ0) is 10.1. The van der Waals surface area contributed by atoms with E-state index in [1.165, 1.54) is 6.20 Å². The second-order valence-corrected chi connectivity index (χ2v) is 3.34. The molecule has 0 bridgehead atoms. The number of anilines is 1. The van der Waals surface area contributed by atoms with Crippen LogP contribution in [0.1, 0.15) is 6.42 Å². The Labute approximate surface area is 80.8 Å². The molecule has 3 nitrogen and oxygen atoms in total. The Morgan fingerprint density at radius 2 is 2.15 bits per heavy atom. The number of aromatic nitrogens is 2. The van der Waals surface area contributed by atoms with Crippen LogP contribution in [-0.2, 0) is 6.54 Å². The van der Waals surface area contributed by atoms with Crippen molar-refractivity contribution in [3.63, 3.8) is 0 Å². The summed E-state index contributed by atoms with van der Waals surface area (Å²) < 4.78 is 37.0. The Kier molecular flexibility index (Phi) is 2.84. The molecule has 0 saturated carbocycles. The number of alkyl halides is 3. The molecule has 74 valence electrons. The molecule has 0 spiro atoms. The fraction of sp³-hybridized carbons (Fsp3) is 0.500. The first-order valence-electron chi connectivity index (χ1n) is 3.43. The van der Waals surface area contributed by atoms with Crippen LogP contribution in [0.4, 0.5) is 19.0 Å². The van der Waals surface area contributed by atoms with Gasteiger partial charge in [-0.15, -0.1) is 0 Å². The maximum absolute atomic E-state index is 11.8. The lowest BCUT2D eigenvalue weighted by molar-refractivity contribution is -0.137. The fourth-order valence-electron chi connectivity index (χ4n) is 0.768. The average Bonchev–Trinajstić information content (AvgIpc) is 2.27. The van der Waals surface area contributed by atoms with Crippen molar-refractivity contribution >= 4 is 21.7 Å². The molecule has 0 unspecified atom stereocenters. The minimum atomic E-state index is -4.16. The average molecular weight is 258 g/mol. The molecule has 1 heterocycles. The summed E-state index contributed by atoms with van der Waals surface area (Å²) in [4.78, 5) is 0. The van der Waals surface area contributed by atoms with Crippen molar-refractivity contribution < 1.29 is 13.2 Å². The smallest absolute Gasteiger partial charge is 0.381 e. The van der Waals surface area contributed by atoms with Gasteiger partial charge in [0.25, 0.3) is 0 Å². The predicted octanol–water partition coefficient (Wildman–Crippen LogP) is 2.18. The zero-order valence-electron chi connectivity index (χ0n) is 6.48. The summed E-state index contributed by atoms with van der Waals surface area (Å²) in [6, 6.07) is 0. The summed E-state index contributed by atoms with van der Waals surface area (Å²) in [5, 5.41) is 3.66. The topological polar surface area (TPSA) is 43.8 Å². The highest BCUT2D eigenvalue weighted by Crippen LogP contribution is 2.22. The largest absolute Gasteiger partial charge is 0.390 e. The number of hydrogen-bond acceptors (Lipinski definition) is 2. The van der Waals surface area contributed by atoms with E-state index in [-0.39, 0.29) is 12.4 Å². The van der Waals surface area contributed by atoms with E-state index < -0.39 is 12.6 Å². The van der Waals surface area contributed by atoms with Gasteiger partial charge in [-0.05, 0) is 15.9 Å². The van der Waals surface area contributed by atoms with Crippen molar-refractivity contribution in [1.82, 2.24) is 9.78 Å². The van der Waals surface area contributed by atoms with Gasteiger partial charge in [0.15, 0.2) is 5.82 Å². The SMILES string of the molecule is Nc1nn(CCC(F)(F)F)cc1Br. The molecular weight excluding hydrogens is 251 g/mol. The number of nitrogen functional groups attached to an aromatic ring is 1. The fourth-order valence-corrected chi connectivity index (χ4v) is 1.08. The highest BCUT2D eigenvalue weighted by Gasteiger charge is 2.26. The standard InChI is InChI=1S/C6H7BrF3N3/c7-4-3-13(12-5(4)11)2-1-6(8,9)10/h3H,1-2H2,(H2,11,12). The summed E-state index contributed by atoms with van der Waals surface area (Å²) in [5.41, 5.74) is 5.32. The van der Waals surface area contributed by atoms with E-state index >= 15 is 0 Å². The minimum Gasteiger partial charge on any atom is -0.381 e. The third-order valence-corrected chi connectivity index (χ3v) is 1.98. The van der Waals surface area contributed by atoms with Crippen LogP contribution in [-0.4, -0.2) is 16.0 Å². The maximum Gasteiger partial charge on any atom is 0.390 e. The Morgan fingerprint density at radius 3 is 2.54 bits per heavy atom. The Bertz CT molecular complexity index is 274. The molecule has 0 aromatic carbocycles. The van der Waals surface area contributed by atoms with Gasteiger partial charge in [-0.1, -0.05) is 0 Å². The number of hydrogen-bond donors (Lipinski definition) is 1. The first-order chi connectivity index (χ1) is 5.88. The molecule has 0 amide bonds. The predicted molar refractivity (Wildman–Crippen MR) is 45.0 cm³/mol. The molecule has 0 radical (unpaired) electrons. The number of nitrogens with two attached hydrogens (primary N) is 1. The van der Waals surface area contributed by atoms with E-state index in [1.54, 1.807) is 0 Å². The van der Waals surface area contributed by atoms with Crippen LogP contribution in [0.5, 0.6) is 0 Å². The molecule has 0 fully saturated rings. The maximum atomic E-state index is 11.8. The zero-order valence-corrected chi connectivity index (χ0v) is 8.06. The van der Waals surface area contributed by atoms with Gasteiger partial charge in [0.1, 0.15) is 0 Å². The first kappa shape index (κ1) is 10.4. The lowest BCUT2D eigenvalue weighted by Gasteiger charge is -2.05. The van der Waals surface area contributed by atoms with Gasteiger partial charge in [0.2, 0.25) is 0 Å². The highest BCUT2D eigenvalue weighted by atomic mass is 79.9. The van der Waals surface area contributed by atoms with E-state index in [0.29, 0.717) is 4.47 Å². The van der Waals surface area contributed by atoms with Crippen molar-refractivity contribution in [2.45, 2.75) is 19.1 Å². The van der Waals surface area contributed by atoms with E-state index in [1.807, 2.05) is 0 Å². The number of halogens is 4. The quantitative estimate of drug-likeness (QED) is 0.883. The summed E-state index contributed by atoms with van der Waals surface area (Å²) >= 11 is 3.05. The molecule has 13 heavy (non-hydrogen) atoms. The van der Waals surface area contributed by atoms with Crippen molar-refractivity contribution in [2.24, 2.45) is 0 Å². The van der Waals surface area contributed by atoms with Crippen molar-refractivity contribution in [2.75, 3.05) is 5.73 Å². The second kappa shape index (κ2) is 3.57.